The molecule has 0 saturated carbocycles. The van der Waals surface area contributed by atoms with Crippen LogP contribution in [0.3, 0.4) is 0 Å². The molecule has 3 N–H and O–H groups in total. The number of thiophene rings is 1. The van der Waals surface area contributed by atoms with Gasteiger partial charge >= 0.3 is 12.0 Å². The van der Waals surface area contributed by atoms with Gasteiger partial charge in [-0.1, -0.05) is 13.8 Å². The van der Waals surface area contributed by atoms with E-state index in [9.17, 15) is 9.59 Å². The van der Waals surface area contributed by atoms with Gasteiger partial charge in [0.2, 0.25) is 0 Å². The quantitative estimate of drug-likeness (QED) is 0.644. The van der Waals surface area contributed by atoms with Crippen molar-refractivity contribution in [1.29, 1.82) is 0 Å². The van der Waals surface area contributed by atoms with Gasteiger partial charge in [0.1, 0.15) is 5.00 Å². The first-order valence-electron chi connectivity index (χ1n) is 6.44. The second-order valence-electron chi connectivity index (χ2n) is 4.64. The first-order chi connectivity index (χ1) is 9.50. The molecule has 0 fully saturated rings. The van der Waals surface area contributed by atoms with Gasteiger partial charge in [-0.3, -0.25) is 5.32 Å². The second kappa shape index (κ2) is 8.55. The molecule has 7 heteroatoms. The third-order valence-electron chi connectivity index (χ3n) is 2.49. The molecular weight excluding hydrogens is 280 g/mol. The van der Waals surface area contributed by atoms with Gasteiger partial charge in [-0.2, -0.15) is 0 Å². The van der Waals surface area contributed by atoms with Gasteiger partial charge in [-0.05, 0) is 23.8 Å². The van der Waals surface area contributed by atoms with Gasteiger partial charge in [0.05, 0.1) is 12.2 Å². The van der Waals surface area contributed by atoms with Gasteiger partial charge in [0.15, 0.2) is 0 Å². The van der Waals surface area contributed by atoms with Crippen molar-refractivity contribution in [1.82, 2.24) is 5.32 Å². The molecule has 1 heterocycles. The highest BCUT2D eigenvalue weighted by Gasteiger charge is 2.13. The van der Waals surface area contributed by atoms with Crippen LogP contribution in [-0.2, 0) is 4.74 Å². The molecule has 0 bridgehead atoms. The molecule has 0 spiro atoms. The first-order valence-corrected chi connectivity index (χ1v) is 7.32. The average Bonchev–Trinajstić information content (AvgIpc) is 2.81. The van der Waals surface area contributed by atoms with E-state index in [-0.39, 0.29) is 5.56 Å². The Morgan fingerprint density at radius 2 is 2.15 bits per heavy atom. The number of hydrogen-bond acceptors (Lipinski definition) is 4. The molecule has 0 unspecified atom stereocenters. The van der Waals surface area contributed by atoms with Crippen LogP contribution >= 0.6 is 11.3 Å². The van der Waals surface area contributed by atoms with E-state index >= 15 is 0 Å². The summed E-state index contributed by atoms with van der Waals surface area (Å²) in [6.45, 7) is 5.75. The molecule has 0 aromatic carbocycles. The lowest BCUT2D eigenvalue weighted by atomic mass is 10.1. The Kier molecular flexibility index (Phi) is 7.03. The number of amides is 2. The topological polar surface area (TPSA) is 87.7 Å². The number of ether oxygens (including phenoxy) is 1. The largest absolute Gasteiger partial charge is 0.478 e. The Morgan fingerprint density at radius 3 is 2.80 bits per heavy atom. The van der Waals surface area contributed by atoms with E-state index in [1.165, 1.54) is 17.4 Å². The molecule has 0 aliphatic rings. The molecule has 0 radical (unpaired) electrons. The van der Waals surface area contributed by atoms with Crippen molar-refractivity contribution in [2.45, 2.75) is 20.3 Å². The molecular formula is C13H20N2O4S. The number of hydrogen-bond donors (Lipinski definition) is 3. The minimum Gasteiger partial charge on any atom is -0.478 e. The lowest BCUT2D eigenvalue weighted by molar-refractivity contribution is 0.0698. The highest BCUT2D eigenvalue weighted by molar-refractivity contribution is 7.14. The zero-order valence-corrected chi connectivity index (χ0v) is 12.5. The third-order valence-corrected chi connectivity index (χ3v) is 3.32. The van der Waals surface area contributed by atoms with Crippen molar-refractivity contribution in [2.75, 3.05) is 25.1 Å². The minimum atomic E-state index is -1.06. The Bertz CT molecular complexity index is 445. The van der Waals surface area contributed by atoms with E-state index in [4.69, 9.17) is 9.84 Å². The van der Waals surface area contributed by atoms with Crippen LogP contribution in [0.2, 0.25) is 0 Å². The number of carboxylic acids is 1. The normalized spacial score (nSPS) is 10.6. The highest BCUT2D eigenvalue weighted by atomic mass is 32.1. The number of carbonyl (C=O) groups excluding carboxylic acids is 1. The van der Waals surface area contributed by atoms with Gasteiger partial charge in [-0.15, -0.1) is 11.3 Å². The molecule has 0 aliphatic carbocycles. The maximum atomic E-state index is 11.6. The van der Waals surface area contributed by atoms with Gasteiger partial charge in [-0.25, -0.2) is 9.59 Å². The number of nitrogens with one attached hydrogen (secondary N) is 2. The Morgan fingerprint density at radius 1 is 1.40 bits per heavy atom. The van der Waals surface area contributed by atoms with E-state index < -0.39 is 12.0 Å². The van der Waals surface area contributed by atoms with Crippen molar-refractivity contribution in [3.8, 4) is 0 Å². The number of rotatable bonds is 8. The molecule has 0 atom stereocenters. The summed E-state index contributed by atoms with van der Waals surface area (Å²) in [4.78, 5) is 22.4. The van der Waals surface area contributed by atoms with Crippen LogP contribution in [-0.4, -0.2) is 36.9 Å². The predicted molar refractivity (Wildman–Crippen MR) is 78.6 cm³/mol. The maximum absolute atomic E-state index is 11.6. The number of carboxylic acid groups (broad SMARTS) is 1. The molecule has 0 saturated heterocycles. The summed E-state index contributed by atoms with van der Waals surface area (Å²) in [5.74, 6) is -0.460. The fraction of sp³-hybridized carbons (Fsp3) is 0.538. The second-order valence-corrected chi connectivity index (χ2v) is 5.56. The molecule has 1 aromatic rings. The van der Waals surface area contributed by atoms with Crippen LogP contribution in [0.4, 0.5) is 9.80 Å². The monoisotopic (exact) mass is 300 g/mol. The van der Waals surface area contributed by atoms with Gasteiger partial charge < -0.3 is 15.2 Å². The maximum Gasteiger partial charge on any atom is 0.338 e. The van der Waals surface area contributed by atoms with Crippen LogP contribution in [0.1, 0.15) is 30.6 Å². The summed E-state index contributed by atoms with van der Waals surface area (Å²) in [6, 6.07) is 1.03. The van der Waals surface area contributed by atoms with Crippen molar-refractivity contribution in [3.05, 3.63) is 17.0 Å². The van der Waals surface area contributed by atoms with E-state index in [1.54, 1.807) is 5.38 Å². The van der Waals surface area contributed by atoms with Gasteiger partial charge in [0, 0.05) is 13.2 Å². The van der Waals surface area contributed by atoms with E-state index in [0.29, 0.717) is 30.7 Å². The van der Waals surface area contributed by atoms with E-state index in [1.807, 2.05) is 0 Å². The number of anilines is 1. The molecule has 2 amide bonds. The summed E-state index contributed by atoms with van der Waals surface area (Å²) in [5, 5.41) is 16.0. The summed E-state index contributed by atoms with van der Waals surface area (Å²) in [6.07, 6.45) is 0.989. The molecule has 0 aliphatic heterocycles. The zero-order chi connectivity index (χ0) is 15.0. The lowest BCUT2D eigenvalue weighted by Gasteiger charge is -2.08. The van der Waals surface area contributed by atoms with Crippen LogP contribution < -0.4 is 10.6 Å². The Hall–Kier alpha value is -1.60. The van der Waals surface area contributed by atoms with Gasteiger partial charge in [0.25, 0.3) is 0 Å². The molecule has 112 valence electrons. The van der Waals surface area contributed by atoms with Crippen molar-refractivity contribution >= 4 is 28.3 Å². The molecule has 1 rings (SSSR count). The molecule has 1 aromatic heterocycles. The number of urea groups is 1. The van der Waals surface area contributed by atoms with E-state index in [0.717, 1.165) is 6.42 Å². The highest BCUT2D eigenvalue weighted by Crippen LogP contribution is 2.22. The van der Waals surface area contributed by atoms with E-state index in [2.05, 4.69) is 24.5 Å². The Labute approximate surface area is 122 Å². The fourth-order valence-electron chi connectivity index (χ4n) is 1.38. The summed E-state index contributed by atoms with van der Waals surface area (Å²) in [7, 11) is 0. The molecule has 20 heavy (non-hydrogen) atoms. The lowest BCUT2D eigenvalue weighted by Crippen LogP contribution is -2.31. The minimum absolute atomic E-state index is 0.0957. The Balaban J connectivity index is 2.20. The average molecular weight is 300 g/mol. The molecule has 6 nitrogen and oxygen atoms in total. The standard InChI is InChI=1S/C13H20N2O4S/c1-9(2)3-6-19-7-5-14-13(18)15-11-10(12(16)17)4-8-20-11/h4,8-9H,3,5-7H2,1-2H3,(H,16,17)(H2,14,15,18). The predicted octanol–water partition coefficient (Wildman–Crippen LogP) is 2.63. The fourth-order valence-corrected chi connectivity index (χ4v) is 2.15. The van der Waals surface area contributed by atoms with Crippen LogP contribution in [0, 0.1) is 5.92 Å². The zero-order valence-electron chi connectivity index (χ0n) is 11.6. The van der Waals surface area contributed by atoms with Crippen molar-refractivity contribution in [2.24, 2.45) is 5.92 Å². The van der Waals surface area contributed by atoms with Crippen LogP contribution in [0.5, 0.6) is 0 Å². The van der Waals surface area contributed by atoms with Crippen LogP contribution in [0.25, 0.3) is 0 Å². The number of aromatic carboxylic acids is 1. The van der Waals surface area contributed by atoms with Crippen molar-refractivity contribution < 1.29 is 19.4 Å². The summed E-state index contributed by atoms with van der Waals surface area (Å²) >= 11 is 1.17. The summed E-state index contributed by atoms with van der Waals surface area (Å²) < 4.78 is 5.36. The van der Waals surface area contributed by atoms with Crippen LogP contribution in [0.15, 0.2) is 11.4 Å². The first kappa shape index (κ1) is 16.5. The SMILES string of the molecule is CC(C)CCOCCNC(=O)Nc1sccc1C(=O)O. The number of carbonyl (C=O) groups is 2. The smallest absolute Gasteiger partial charge is 0.338 e. The summed E-state index contributed by atoms with van der Waals surface area (Å²) in [5.41, 5.74) is 0.0957. The van der Waals surface area contributed by atoms with Crippen molar-refractivity contribution in [3.63, 3.8) is 0 Å². The third kappa shape index (κ3) is 6.03.